The minimum Gasteiger partial charge on any atom is -0.366 e. The van der Waals surface area contributed by atoms with E-state index in [1.165, 1.54) is 0 Å². The van der Waals surface area contributed by atoms with Crippen LogP contribution in [0.3, 0.4) is 0 Å². The highest BCUT2D eigenvalue weighted by molar-refractivity contribution is 6.37. The summed E-state index contributed by atoms with van der Waals surface area (Å²) in [5.74, 6) is 0. The quantitative estimate of drug-likeness (QED) is 0.531. The molecule has 0 saturated carbocycles. The van der Waals surface area contributed by atoms with Crippen LogP contribution in [0.25, 0.3) is 28.1 Å². The lowest BCUT2D eigenvalue weighted by atomic mass is 10.1. The van der Waals surface area contributed by atoms with Crippen molar-refractivity contribution in [2.45, 2.75) is 39.8 Å². The topological polar surface area (TPSA) is 71.2 Å². The lowest BCUT2D eigenvalue weighted by Crippen LogP contribution is -2.54. The van der Waals surface area contributed by atoms with Crippen LogP contribution in [0.5, 0.6) is 0 Å². The van der Waals surface area contributed by atoms with Crippen molar-refractivity contribution in [1.29, 1.82) is 0 Å². The molecule has 30 heavy (non-hydrogen) atoms. The Morgan fingerprint density at radius 1 is 1.07 bits per heavy atom. The van der Waals surface area contributed by atoms with Gasteiger partial charge in [-0.15, -0.1) is 0 Å². The van der Waals surface area contributed by atoms with Crippen molar-refractivity contribution in [2.24, 2.45) is 0 Å². The summed E-state index contributed by atoms with van der Waals surface area (Å²) in [4.78, 5) is 16.2. The number of imidazole rings is 1. The Hall–Kier alpha value is -2.77. The largest absolute Gasteiger partial charge is 0.366 e. The van der Waals surface area contributed by atoms with Crippen LogP contribution in [0, 0.1) is 13.8 Å². The number of anilines is 1. The summed E-state index contributed by atoms with van der Waals surface area (Å²) in [6.07, 6.45) is 3.76. The Morgan fingerprint density at radius 2 is 1.83 bits per heavy atom. The van der Waals surface area contributed by atoms with E-state index in [1.54, 1.807) is 0 Å². The van der Waals surface area contributed by atoms with Gasteiger partial charge in [0.05, 0.1) is 34.5 Å². The molecule has 0 radical (unpaired) electrons. The smallest absolute Gasteiger partial charge is 0.161 e. The number of aryl methyl sites for hydroxylation is 2. The van der Waals surface area contributed by atoms with Crippen molar-refractivity contribution in [2.75, 3.05) is 18.0 Å². The molecule has 154 valence electrons. The molecule has 5 rings (SSSR count). The molecular formula is C22H24ClN7. The average molecular weight is 422 g/mol. The number of rotatable bonds is 2. The molecule has 4 aromatic heterocycles. The normalized spacial score (nSPS) is 19.7. The Bertz CT molecular complexity index is 1260. The first-order valence-electron chi connectivity index (χ1n) is 10.2. The van der Waals surface area contributed by atoms with Gasteiger partial charge in [0, 0.05) is 30.6 Å². The zero-order valence-corrected chi connectivity index (χ0v) is 18.3. The second-order valence-corrected chi connectivity index (χ2v) is 8.64. The summed E-state index contributed by atoms with van der Waals surface area (Å²) in [7, 11) is 0. The maximum atomic E-state index is 6.80. The molecule has 1 aliphatic heterocycles. The fourth-order valence-electron chi connectivity index (χ4n) is 4.29. The van der Waals surface area contributed by atoms with Gasteiger partial charge in [-0.25, -0.2) is 19.5 Å². The van der Waals surface area contributed by atoms with Crippen molar-refractivity contribution in [3.63, 3.8) is 0 Å². The van der Waals surface area contributed by atoms with Crippen molar-refractivity contribution < 1.29 is 0 Å². The van der Waals surface area contributed by atoms with Crippen LogP contribution in [0.1, 0.15) is 25.1 Å². The third kappa shape index (κ3) is 3.28. The second kappa shape index (κ2) is 7.18. The van der Waals surface area contributed by atoms with Gasteiger partial charge in [-0.1, -0.05) is 11.6 Å². The van der Waals surface area contributed by atoms with Crippen molar-refractivity contribution in [1.82, 2.24) is 29.9 Å². The summed E-state index contributed by atoms with van der Waals surface area (Å²) >= 11 is 6.80. The number of hydrogen-bond donors (Lipinski definition) is 1. The Kier molecular flexibility index (Phi) is 4.60. The van der Waals surface area contributed by atoms with Gasteiger partial charge >= 0.3 is 0 Å². The van der Waals surface area contributed by atoms with Crippen molar-refractivity contribution in [3.05, 3.63) is 46.9 Å². The summed E-state index contributed by atoms with van der Waals surface area (Å²) in [6.45, 7) is 10.2. The monoisotopic (exact) mass is 421 g/mol. The van der Waals surface area contributed by atoms with Crippen molar-refractivity contribution >= 4 is 34.0 Å². The summed E-state index contributed by atoms with van der Waals surface area (Å²) < 4.78 is 1.81. The average Bonchev–Trinajstić information content (AvgIpc) is 3.08. The van der Waals surface area contributed by atoms with E-state index in [-0.39, 0.29) is 0 Å². The standard InChI is InChI=1S/C22H24ClN7/c1-12-7-18(28-30-11-15(4)26-22(12)30)17-6-5-16-20(23)19(8-24-21(16)27-17)29-9-13(2)25-14(3)10-29/h5-8,11,13-14,25H,9-10H2,1-4H3/t13-,14-/m1/s1. The minimum absolute atomic E-state index is 0.400. The van der Waals surface area contributed by atoms with Gasteiger partial charge in [-0.2, -0.15) is 5.10 Å². The number of pyridine rings is 2. The van der Waals surface area contributed by atoms with Crippen LogP contribution in [0.15, 0.2) is 30.6 Å². The molecule has 0 aliphatic carbocycles. The molecule has 8 heteroatoms. The molecular weight excluding hydrogens is 398 g/mol. The first-order chi connectivity index (χ1) is 14.4. The highest BCUT2D eigenvalue weighted by atomic mass is 35.5. The van der Waals surface area contributed by atoms with E-state index in [4.69, 9.17) is 16.6 Å². The van der Waals surface area contributed by atoms with E-state index in [2.05, 4.69) is 39.1 Å². The predicted molar refractivity (Wildman–Crippen MR) is 120 cm³/mol. The van der Waals surface area contributed by atoms with Crippen LogP contribution < -0.4 is 10.2 Å². The molecule has 7 nitrogen and oxygen atoms in total. The van der Waals surface area contributed by atoms with Gasteiger partial charge in [0.1, 0.15) is 5.69 Å². The number of fused-ring (bicyclic) bond motifs is 2. The Morgan fingerprint density at radius 3 is 2.60 bits per heavy atom. The molecule has 0 aromatic carbocycles. The number of aromatic nitrogens is 5. The summed E-state index contributed by atoms with van der Waals surface area (Å²) in [5, 5.41) is 9.78. The SMILES string of the molecule is Cc1cn2nc(-c3ccc4c(Cl)c(N5C[C@@H](C)N[C@H](C)C5)cnc4n3)cc(C)c2n1. The molecule has 4 aromatic rings. The van der Waals surface area contributed by atoms with Crippen LogP contribution in [0.2, 0.25) is 5.02 Å². The van der Waals surface area contributed by atoms with Gasteiger partial charge in [0.25, 0.3) is 0 Å². The van der Waals surface area contributed by atoms with Gasteiger partial charge in [0.2, 0.25) is 0 Å². The fourth-order valence-corrected chi connectivity index (χ4v) is 4.61. The van der Waals surface area contributed by atoms with Crippen molar-refractivity contribution in [3.8, 4) is 11.4 Å². The molecule has 1 aliphatic rings. The molecule has 1 fully saturated rings. The van der Waals surface area contributed by atoms with E-state index in [9.17, 15) is 0 Å². The number of nitrogens with one attached hydrogen (secondary N) is 1. The van der Waals surface area contributed by atoms with Gasteiger partial charge < -0.3 is 10.2 Å². The molecule has 0 spiro atoms. The third-order valence-corrected chi connectivity index (χ3v) is 5.93. The number of halogens is 1. The second-order valence-electron chi connectivity index (χ2n) is 8.26. The molecule has 0 bridgehead atoms. The fraction of sp³-hybridized carbons (Fsp3) is 0.364. The van der Waals surface area contributed by atoms with E-state index < -0.39 is 0 Å². The maximum Gasteiger partial charge on any atom is 0.161 e. The zero-order valence-electron chi connectivity index (χ0n) is 17.5. The number of nitrogens with zero attached hydrogens (tertiary/aromatic N) is 6. The lowest BCUT2D eigenvalue weighted by molar-refractivity contribution is 0.407. The van der Waals surface area contributed by atoms with Crippen LogP contribution in [0.4, 0.5) is 5.69 Å². The lowest BCUT2D eigenvalue weighted by Gasteiger charge is -2.37. The molecule has 5 heterocycles. The van der Waals surface area contributed by atoms with Crippen LogP contribution in [-0.4, -0.2) is 49.7 Å². The highest BCUT2D eigenvalue weighted by Gasteiger charge is 2.24. The summed E-state index contributed by atoms with van der Waals surface area (Å²) in [5.41, 5.74) is 5.99. The predicted octanol–water partition coefficient (Wildman–Crippen LogP) is 3.80. The van der Waals surface area contributed by atoms with Gasteiger partial charge in [-0.05, 0) is 51.5 Å². The highest BCUT2D eigenvalue weighted by Crippen LogP contribution is 2.33. The molecule has 1 saturated heterocycles. The van der Waals surface area contributed by atoms with E-state index in [1.807, 2.05) is 49.0 Å². The number of piperazine rings is 1. The zero-order chi connectivity index (χ0) is 21.0. The Balaban J connectivity index is 1.56. The first-order valence-corrected chi connectivity index (χ1v) is 10.6. The molecule has 1 N–H and O–H groups in total. The van der Waals surface area contributed by atoms with Crippen LogP contribution in [-0.2, 0) is 0 Å². The Labute approximate surface area is 180 Å². The summed E-state index contributed by atoms with van der Waals surface area (Å²) in [6, 6.07) is 6.76. The van der Waals surface area contributed by atoms with E-state index in [0.29, 0.717) is 22.8 Å². The van der Waals surface area contributed by atoms with Gasteiger partial charge in [-0.3, -0.25) is 0 Å². The molecule has 0 amide bonds. The first kappa shape index (κ1) is 19.2. The van der Waals surface area contributed by atoms with Gasteiger partial charge in [0.15, 0.2) is 11.3 Å². The van der Waals surface area contributed by atoms with E-state index in [0.717, 1.165) is 52.5 Å². The number of hydrogen-bond acceptors (Lipinski definition) is 6. The minimum atomic E-state index is 0.400. The molecule has 2 atom stereocenters. The van der Waals surface area contributed by atoms with E-state index >= 15 is 0 Å². The molecule has 0 unspecified atom stereocenters. The maximum absolute atomic E-state index is 6.80. The van der Waals surface area contributed by atoms with Crippen LogP contribution >= 0.6 is 11.6 Å². The third-order valence-electron chi connectivity index (χ3n) is 5.54.